The lowest BCUT2D eigenvalue weighted by Gasteiger charge is -2.32. The SMILES string of the molecule is COC(=O)CCCCN1C(=O)[C@@]2(O[C@@H](CCn3cc(CCO)nn3)[C@H]([Si](C)(C)O)[C@H]2C)c2cc(N(C=O)c3ccccc3)ccc21. The Hall–Kier alpha value is -3.91. The van der Waals surface area contributed by atoms with Gasteiger partial charge in [-0.1, -0.05) is 30.3 Å². The molecule has 0 aliphatic carbocycles. The number of aryl methyl sites for hydroxylation is 1. The van der Waals surface area contributed by atoms with Crippen LogP contribution >= 0.6 is 0 Å². The van der Waals surface area contributed by atoms with Crippen molar-refractivity contribution >= 4 is 43.7 Å². The molecule has 2 N–H and O–H groups in total. The first-order chi connectivity index (χ1) is 22.0. The first-order valence-electron chi connectivity index (χ1n) is 15.8. The summed E-state index contributed by atoms with van der Waals surface area (Å²) in [6.45, 7) is 6.54. The lowest BCUT2D eigenvalue weighted by Crippen LogP contribution is -2.46. The van der Waals surface area contributed by atoms with Crippen molar-refractivity contribution in [2.24, 2.45) is 5.92 Å². The van der Waals surface area contributed by atoms with Crippen LogP contribution in [0.3, 0.4) is 0 Å². The second-order valence-electron chi connectivity index (χ2n) is 12.6. The highest BCUT2D eigenvalue weighted by molar-refractivity contribution is 6.71. The summed E-state index contributed by atoms with van der Waals surface area (Å²) >= 11 is 0. The van der Waals surface area contributed by atoms with Crippen LogP contribution in [0.2, 0.25) is 18.6 Å². The van der Waals surface area contributed by atoms with Crippen molar-refractivity contribution in [3.8, 4) is 0 Å². The number of fused-ring (bicyclic) bond motifs is 2. The van der Waals surface area contributed by atoms with Gasteiger partial charge in [-0.3, -0.25) is 24.0 Å². The number of ether oxygens (including phenoxy) is 2. The number of unbranched alkanes of at least 4 members (excludes halogenated alkanes) is 1. The van der Waals surface area contributed by atoms with Crippen LogP contribution in [0.25, 0.3) is 0 Å². The lowest BCUT2D eigenvalue weighted by atomic mass is 9.82. The Morgan fingerprint density at radius 1 is 1.15 bits per heavy atom. The van der Waals surface area contributed by atoms with Crippen molar-refractivity contribution in [3.05, 3.63) is 66.0 Å². The van der Waals surface area contributed by atoms with Crippen molar-refractivity contribution in [2.45, 2.75) is 75.9 Å². The van der Waals surface area contributed by atoms with Crippen LogP contribution in [0.1, 0.15) is 43.9 Å². The number of methoxy groups -OCH3 is 1. The van der Waals surface area contributed by atoms with Gasteiger partial charge in [0, 0.05) is 67.1 Å². The average molecular weight is 650 g/mol. The van der Waals surface area contributed by atoms with Crippen LogP contribution in [0.15, 0.2) is 54.7 Å². The monoisotopic (exact) mass is 649 g/mol. The maximum absolute atomic E-state index is 14.7. The molecular formula is C33H43N5O7Si. The fraction of sp³-hybridized carbons (Fsp3) is 0.485. The molecule has 5 rings (SSSR count). The van der Waals surface area contributed by atoms with Crippen molar-refractivity contribution in [3.63, 3.8) is 0 Å². The van der Waals surface area contributed by atoms with Gasteiger partial charge in [-0.2, -0.15) is 0 Å². The summed E-state index contributed by atoms with van der Waals surface area (Å²) in [6.07, 6.45) is 4.36. The molecule has 13 heteroatoms. The number of aliphatic hydroxyl groups excluding tert-OH is 1. The normalized spacial score (nSPS) is 22.3. The Labute approximate surface area is 270 Å². The van der Waals surface area contributed by atoms with E-state index < -0.39 is 20.0 Å². The Kier molecular flexibility index (Phi) is 10.1. The van der Waals surface area contributed by atoms with E-state index in [9.17, 15) is 24.3 Å². The summed E-state index contributed by atoms with van der Waals surface area (Å²) in [5, 5.41) is 17.6. The third kappa shape index (κ3) is 6.37. The highest BCUT2D eigenvalue weighted by Gasteiger charge is 2.66. The van der Waals surface area contributed by atoms with Crippen molar-refractivity contribution in [1.82, 2.24) is 15.0 Å². The van der Waals surface area contributed by atoms with Gasteiger partial charge < -0.3 is 24.3 Å². The molecule has 2 aromatic carbocycles. The zero-order valence-electron chi connectivity index (χ0n) is 26.8. The number of rotatable bonds is 14. The summed E-state index contributed by atoms with van der Waals surface area (Å²) in [6, 6.07) is 14.8. The van der Waals surface area contributed by atoms with E-state index in [1.165, 1.54) is 12.0 Å². The Balaban J connectivity index is 1.53. The van der Waals surface area contributed by atoms with E-state index in [1.54, 1.807) is 15.8 Å². The van der Waals surface area contributed by atoms with Gasteiger partial charge >= 0.3 is 5.97 Å². The van der Waals surface area contributed by atoms with Gasteiger partial charge in [0.1, 0.15) is 0 Å². The molecule has 2 aliphatic rings. The van der Waals surface area contributed by atoms with Gasteiger partial charge in [0.2, 0.25) is 6.41 Å². The lowest BCUT2D eigenvalue weighted by molar-refractivity contribution is -0.146. The summed E-state index contributed by atoms with van der Waals surface area (Å²) in [7, 11) is -1.54. The molecule has 0 radical (unpaired) electrons. The van der Waals surface area contributed by atoms with Crippen LogP contribution in [-0.2, 0) is 42.4 Å². The molecule has 0 unspecified atom stereocenters. The van der Waals surface area contributed by atoms with Crippen molar-refractivity contribution in [2.75, 3.05) is 30.1 Å². The highest BCUT2D eigenvalue weighted by atomic mass is 28.4. The molecule has 0 saturated carbocycles. The summed E-state index contributed by atoms with van der Waals surface area (Å²) in [4.78, 5) is 53.7. The average Bonchev–Trinajstić information content (AvgIpc) is 3.68. The number of amides is 2. The maximum Gasteiger partial charge on any atom is 0.305 e. The maximum atomic E-state index is 14.7. The molecule has 246 valence electrons. The van der Waals surface area contributed by atoms with E-state index in [1.807, 2.05) is 68.5 Å². The van der Waals surface area contributed by atoms with Gasteiger partial charge in [-0.15, -0.1) is 5.10 Å². The van der Waals surface area contributed by atoms with Crippen LogP contribution in [0.5, 0.6) is 0 Å². The van der Waals surface area contributed by atoms with Crippen LogP contribution < -0.4 is 9.80 Å². The predicted octanol–water partition coefficient (Wildman–Crippen LogP) is 3.69. The van der Waals surface area contributed by atoms with E-state index >= 15 is 0 Å². The van der Waals surface area contributed by atoms with E-state index in [0.717, 1.165) is 6.41 Å². The van der Waals surface area contributed by atoms with Crippen LogP contribution in [-0.4, -0.2) is 77.9 Å². The van der Waals surface area contributed by atoms with Gasteiger partial charge in [-0.25, -0.2) is 0 Å². The minimum atomic E-state index is -2.90. The van der Waals surface area contributed by atoms with E-state index in [4.69, 9.17) is 9.47 Å². The van der Waals surface area contributed by atoms with Crippen molar-refractivity contribution < 1.29 is 33.8 Å². The molecule has 12 nitrogen and oxygen atoms in total. The zero-order valence-corrected chi connectivity index (χ0v) is 27.8. The summed E-state index contributed by atoms with van der Waals surface area (Å²) < 4.78 is 13.4. The second kappa shape index (κ2) is 13.8. The molecule has 3 heterocycles. The minimum Gasteiger partial charge on any atom is -0.469 e. The topological polar surface area (TPSA) is 147 Å². The molecule has 2 aliphatic heterocycles. The fourth-order valence-electron chi connectivity index (χ4n) is 7.14. The van der Waals surface area contributed by atoms with Gasteiger partial charge in [0.25, 0.3) is 5.91 Å². The van der Waals surface area contributed by atoms with Gasteiger partial charge in [0.05, 0.1) is 24.6 Å². The van der Waals surface area contributed by atoms with Crippen LogP contribution in [0, 0.1) is 5.92 Å². The fourth-order valence-corrected chi connectivity index (χ4v) is 9.75. The van der Waals surface area contributed by atoms with E-state index in [-0.39, 0.29) is 36.4 Å². The number of hydrogen-bond donors (Lipinski definition) is 2. The largest absolute Gasteiger partial charge is 0.469 e. The number of carbonyl (C=O) groups is 3. The molecule has 0 bridgehead atoms. The molecule has 2 amide bonds. The molecular weight excluding hydrogens is 606 g/mol. The highest BCUT2D eigenvalue weighted by Crippen LogP contribution is 2.60. The third-order valence-corrected chi connectivity index (χ3v) is 11.7. The molecule has 1 aromatic heterocycles. The number of aliphatic hydroxyl groups is 1. The first kappa shape index (κ1) is 33.5. The van der Waals surface area contributed by atoms with E-state index in [0.29, 0.717) is 67.1 Å². The van der Waals surface area contributed by atoms with Gasteiger partial charge in [0.15, 0.2) is 13.9 Å². The summed E-state index contributed by atoms with van der Waals surface area (Å²) in [5.41, 5.74) is 1.64. The smallest absolute Gasteiger partial charge is 0.305 e. The molecule has 1 saturated heterocycles. The number of esters is 1. The predicted molar refractivity (Wildman–Crippen MR) is 174 cm³/mol. The Morgan fingerprint density at radius 3 is 2.59 bits per heavy atom. The number of para-hydroxylation sites is 1. The Bertz CT molecular complexity index is 1540. The van der Waals surface area contributed by atoms with Gasteiger partial charge in [-0.05, 0) is 62.7 Å². The number of hydrogen-bond acceptors (Lipinski definition) is 9. The quantitative estimate of drug-likeness (QED) is 0.116. The number of anilines is 3. The van der Waals surface area contributed by atoms with Crippen molar-refractivity contribution in [1.29, 1.82) is 0 Å². The first-order valence-corrected chi connectivity index (χ1v) is 18.8. The molecule has 1 fully saturated rings. The number of carbonyl (C=O) groups excluding carboxylic acids is 3. The third-order valence-electron chi connectivity index (χ3n) is 9.22. The molecule has 46 heavy (non-hydrogen) atoms. The molecule has 3 aromatic rings. The van der Waals surface area contributed by atoms with E-state index in [2.05, 4.69) is 10.3 Å². The Morgan fingerprint density at radius 2 is 1.91 bits per heavy atom. The molecule has 4 atom stereocenters. The number of aromatic nitrogens is 3. The van der Waals surface area contributed by atoms with Crippen LogP contribution in [0.4, 0.5) is 17.1 Å². The number of nitrogens with zero attached hydrogens (tertiary/aromatic N) is 5. The zero-order chi connectivity index (χ0) is 33.1. The summed E-state index contributed by atoms with van der Waals surface area (Å²) in [5.74, 6) is -0.888. The standard InChI is InChI=1S/C33H43N5O7Si/c1-23-31(46(3,4)43)29(15-18-36-21-24(16-19-39)34-35-36)45-33(23)27-20-26(38(22-40)25-10-6-5-7-11-25)13-14-28(27)37(32(33)42)17-9-8-12-30(41)44-2/h5-7,10-11,13-14,20-23,29,31,39,43H,8-9,12,15-19H2,1-4H3/t23-,29+,31-,33+/m1/s1. The minimum absolute atomic E-state index is 0.0225. The number of benzene rings is 2. The molecule has 1 spiro atoms. The second-order valence-corrected chi connectivity index (χ2v) is 16.6.